The second kappa shape index (κ2) is 6.26. The lowest BCUT2D eigenvalue weighted by molar-refractivity contribution is 0.323. The molecule has 0 aromatic heterocycles. The number of nitrogens with one attached hydrogen (secondary N) is 1. The van der Waals surface area contributed by atoms with E-state index in [2.05, 4.69) is 12.3 Å². The number of benzene rings is 1. The van der Waals surface area contributed by atoms with Gasteiger partial charge < -0.3 is 9.47 Å². The Labute approximate surface area is 115 Å². The Morgan fingerprint density at radius 3 is 2.26 bits per heavy atom. The molecular weight excluding hydrogens is 240 g/mol. The summed E-state index contributed by atoms with van der Waals surface area (Å²) in [5.41, 5.74) is 4.01. The molecule has 1 aliphatic rings. The van der Waals surface area contributed by atoms with E-state index in [4.69, 9.17) is 15.3 Å². The molecule has 0 radical (unpaired) electrons. The van der Waals surface area contributed by atoms with Crippen molar-refractivity contribution >= 4 is 0 Å². The summed E-state index contributed by atoms with van der Waals surface area (Å²) in [4.78, 5) is 0. The second-order valence-electron chi connectivity index (χ2n) is 5.40. The number of hydrogen-bond acceptors (Lipinski definition) is 4. The molecule has 0 aliphatic heterocycles. The van der Waals surface area contributed by atoms with E-state index >= 15 is 0 Å². The molecule has 2 rings (SSSR count). The summed E-state index contributed by atoms with van der Waals surface area (Å²) in [6.45, 7) is 2.30. The molecule has 4 nitrogen and oxygen atoms in total. The number of rotatable bonds is 5. The van der Waals surface area contributed by atoms with Crippen LogP contribution in [0.3, 0.4) is 0 Å². The van der Waals surface area contributed by atoms with Crippen molar-refractivity contribution in [1.29, 1.82) is 0 Å². The summed E-state index contributed by atoms with van der Waals surface area (Å²) in [7, 11) is 3.37. The van der Waals surface area contributed by atoms with Gasteiger partial charge >= 0.3 is 0 Å². The van der Waals surface area contributed by atoms with E-state index in [1.165, 1.54) is 19.3 Å². The summed E-state index contributed by atoms with van der Waals surface area (Å²) in [5.74, 6) is 8.78. The van der Waals surface area contributed by atoms with E-state index in [0.29, 0.717) is 5.92 Å². The monoisotopic (exact) mass is 264 g/mol. The first-order valence-electron chi connectivity index (χ1n) is 6.88. The van der Waals surface area contributed by atoms with Crippen LogP contribution >= 0.6 is 0 Å². The van der Waals surface area contributed by atoms with Gasteiger partial charge in [0.1, 0.15) is 11.5 Å². The summed E-state index contributed by atoms with van der Waals surface area (Å²) in [6, 6.07) is 5.93. The Morgan fingerprint density at radius 1 is 1.21 bits per heavy atom. The van der Waals surface area contributed by atoms with E-state index in [0.717, 1.165) is 23.0 Å². The first kappa shape index (κ1) is 14.2. The molecule has 19 heavy (non-hydrogen) atoms. The molecule has 0 saturated heterocycles. The van der Waals surface area contributed by atoms with E-state index in [9.17, 15) is 0 Å². The van der Waals surface area contributed by atoms with Crippen molar-refractivity contribution in [3.8, 4) is 11.5 Å². The van der Waals surface area contributed by atoms with Crippen LogP contribution in [0.1, 0.15) is 37.8 Å². The predicted octanol–water partition coefficient (Wildman–Crippen LogP) is 2.64. The summed E-state index contributed by atoms with van der Waals surface area (Å²) >= 11 is 0. The molecule has 1 aromatic rings. The SMILES string of the molecule is COc1cccc(OC)c1C(NN)C1CCC(C)C1. The maximum Gasteiger partial charge on any atom is 0.127 e. The highest BCUT2D eigenvalue weighted by Crippen LogP contribution is 2.44. The third-order valence-corrected chi connectivity index (χ3v) is 4.16. The van der Waals surface area contributed by atoms with Crippen LogP contribution in [0, 0.1) is 11.8 Å². The van der Waals surface area contributed by atoms with Crippen molar-refractivity contribution in [2.24, 2.45) is 17.7 Å². The van der Waals surface area contributed by atoms with Crippen molar-refractivity contribution in [2.45, 2.75) is 32.2 Å². The zero-order chi connectivity index (χ0) is 13.8. The van der Waals surface area contributed by atoms with Crippen LogP contribution < -0.4 is 20.7 Å². The van der Waals surface area contributed by atoms with Gasteiger partial charge in [-0.1, -0.05) is 19.4 Å². The Bertz CT molecular complexity index is 400. The van der Waals surface area contributed by atoms with Crippen molar-refractivity contribution in [3.63, 3.8) is 0 Å². The highest BCUT2D eigenvalue weighted by molar-refractivity contribution is 5.47. The molecule has 0 spiro atoms. The van der Waals surface area contributed by atoms with Gasteiger partial charge in [0.25, 0.3) is 0 Å². The average Bonchev–Trinajstić information content (AvgIpc) is 2.86. The van der Waals surface area contributed by atoms with Crippen molar-refractivity contribution in [1.82, 2.24) is 5.43 Å². The van der Waals surface area contributed by atoms with Gasteiger partial charge in [0.05, 0.1) is 25.8 Å². The van der Waals surface area contributed by atoms with Crippen LogP contribution in [0.15, 0.2) is 18.2 Å². The van der Waals surface area contributed by atoms with Crippen LogP contribution in [0.25, 0.3) is 0 Å². The van der Waals surface area contributed by atoms with Crippen LogP contribution in [0.4, 0.5) is 0 Å². The van der Waals surface area contributed by atoms with E-state index in [-0.39, 0.29) is 6.04 Å². The third-order valence-electron chi connectivity index (χ3n) is 4.16. The normalized spacial score (nSPS) is 24.2. The fourth-order valence-electron chi connectivity index (χ4n) is 3.20. The molecule has 3 unspecified atom stereocenters. The van der Waals surface area contributed by atoms with Gasteiger partial charge in [0.15, 0.2) is 0 Å². The minimum Gasteiger partial charge on any atom is -0.496 e. The minimum absolute atomic E-state index is 0.0797. The molecule has 0 heterocycles. The predicted molar refractivity (Wildman–Crippen MR) is 76.1 cm³/mol. The topological polar surface area (TPSA) is 56.5 Å². The van der Waals surface area contributed by atoms with Gasteiger partial charge in [-0.25, -0.2) is 0 Å². The molecule has 0 bridgehead atoms. The largest absolute Gasteiger partial charge is 0.496 e. The summed E-state index contributed by atoms with van der Waals surface area (Å²) in [6.07, 6.45) is 3.65. The molecule has 106 valence electrons. The van der Waals surface area contributed by atoms with Gasteiger partial charge in [-0.15, -0.1) is 0 Å². The van der Waals surface area contributed by atoms with E-state index in [1.807, 2.05) is 18.2 Å². The molecule has 0 amide bonds. The van der Waals surface area contributed by atoms with Gasteiger partial charge in [-0.3, -0.25) is 11.3 Å². The van der Waals surface area contributed by atoms with Crippen molar-refractivity contribution < 1.29 is 9.47 Å². The lowest BCUT2D eigenvalue weighted by Gasteiger charge is -2.26. The third kappa shape index (κ3) is 2.85. The molecule has 1 fully saturated rings. The maximum atomic E-state index is 5.82. The van der Waals surface area contributed by atoms with Crippen LogP contribution in [0.5, 0.6) is 11.5 Å². The van der Waals surface area contributed by atoms with E-state index < -0.39 is 0 Å². The van der Waals surface area contributed by atoms with Crippen LogP contribution in [-0.4, -0.2) is 14.2 Å². The molecule has 3 atom stereocenters. The number of nitrogens with two attached hydrogens (primary N) is 1. The highest BCUT2D eigenvalue weighted by Gasteiger charge is 2.32. The number of hydrogen-bond donors (Lipinski definition) is 2. The quantitative estimate of drug-likeness (QED) is 0.634. The Hall–Kier alpha value is -1.26. The van der Waals surface area contributed by atoms with Gasteiger partial charge in [-0.05, 0) is 36.8 Å². The molecule has 1 saturated carbocycles. The molecule has 4 heteroatoms. The zero-order valence-corrected chi connectivity index (χ0v) is 12.0. The Kier molecular flexibility index (Phi) is 4.66. The fraction of sp³-hybridized carbons (Fsp3) is 0.600. The number of methoxy groups -OCH3 is 2. The molecule has 1 aliphatic carbocycles. The molecular formula is C15H24N2O2. The molecule has 1 aromatic carbocycles. The summed E-state index contributed by atoms with van der Waals surface area (Å²) in [5, 5.41) is 0. The zero-order valence-electron chi connectivity index (χ0n) is 12.0. The van der Waals surface area contributed by atoms with E-state index in [1.54, 1.807) is 14.2 Å². The highest BCUT2D eigenvalue weighted by atomic mass is 16.5. The smallest absolute Gasteiger partial charge is 0.127 e. The lowest BCUT2D eigenvalue weighted by atomic mass is 9.90. The van der Waals surface area contributed by atoms with Gasteiger partial charge in [0, 0.05) is 0 Å². The van der Waals surface area contributed by atoms with Crippen molar-refractivity contribution in [3.05, 3.63) is 23.8 Å². The lowest BCUT2D eigenvalue weighted by Crippen LogP contribution is -2.33. The fourth-order valence-corrected chi connectivity index (χ4v) is 3.20. The van der Waals surface area contributed by atoms with Crippen LogP contribution in [-0.2, 0) is 0 Å². The Balaban J connectivity index is 2.36. The molecule has 3 N–H and O–H groups in total. The average molecular weight is 264 g/mol. The second-order valence-corrected chi connectivity index (χ2v) is 5.40. The Morgan fingerprint density at radius 2 is 1.84 bits per heavy atom. The number of ether oxygens (including phenoxy) is 2. The van der Waals surface area contributed by atoms with Gasteiger partial charge in [0.2, 0.25) is 0 Å². The number of hydrazine groups is 1. The minimum atomic E-state index is 0.0797. The first-order valence-corrected chi connectivity index (χ1v) is 6.88. The standard InChI is InChI=1S/C15H24N2O2/c1-10-7-8-11(9-10)15(17-16)14-12(18-2)5-4-6-13(14)19-3/h4-6,10-11,15,17H,7-9,16H2,1-3H3. The first-order chi connectivity index (χ1) is 9.21. The van der Waals surface area contributed by atoms with Crippen molar-refractivity contribution in [2.75, 3.05) is 14.2 Å². The maximum absolute atomic E-state index is 5.82. The van der Waals surface area contributed by atoms with Gasteiger partial charge in [-0.2, -0.15) is 0 Å². The summed E-state index contributed by atoms with van der Waals surface area (Å²) < 4.78 is 11.0. The van der Waals surface area contributed by atoms with Crippen LogP contribution in [0.2, 0.25) is 0 Å².